The fraction of sp³-hybridized carbons (Fsp3) is 0.733. The number of aromatic nitrogens is 2. The quantitative estimate of drug-likeness (QED) is 0.893. The zero-order chi connectivity index (χ0) is 15.5. The van der Waals surface area contributed by atoms with Gasteiger partial charge in [0, 0.05) is 37.4 Å². The lowest BCUT2D eigenvalue weighted by molar-refractivity contribution is -0.0933. The molecule has 0 saturated carbocycles. The largest absolute Gasteiger partial charge is 0.481 e. The maximum absolute atomic E-state index is 5.80. The smallest absolute Gasteiger partial charge is 0.226 e. The van der Waals surface area contributed by atoms with Gasteiger partial charge in [0.05, 0.1) is 19.3 Å². The topological polar surface area (TPSA) is 59.5 Å². The first-order valence-corrected chi connectivity index (χ1v) is 7.42. The van der Waals surface area contributed by atoms with Gasteiger partial charge < -0.3 is 14.8 Å². The van der Waals surface area contributed by atoms with Crippen molar-refractivity contribution < 1.29 is 9.47 Å². The van der Waals surface area contributed by atoms with Crippen molar-refractivity contribution >= 4 is 5.95 Å². The Morgan fingerprint density at radius 1 is 1.38 bits per heavy atom. The number of hydrogen-bond donors (Lipinski definition) is 1. The second-order valence-corrected chi connectivity index (χ2v) is 6.25. The molecule has 2 atom stereocenters. The summed E-state index contributed by atoms with van der Waals surface area (Å²) >= 11 is 0. The predicted octanol–water partition coefficient (Wildman–Crippen LogP) is 1.78. The summed E-state index contributed by atoms with van der Waals surface area (Å²) in [7, 11) is 1.60. The van der Waals surface area contributed by atoms with Crippen molar-refractivity contribution in [3.63, 3.8) is 0 Å². The molecule has 2 unspecified atom stereocenters. The summed E-state index contributed by atoms with van der Waals surface area (Å²) in [6.07, 6.45) is 2.22. The van der Waals surface area contributed by atoms with Gasteiger partial charge >= 0.3 is 0 Å². The summed E-state index contributed by atoms with van der Waals surface area (Å²) in [5, 5.41) is 3.30. The Morgan fingerprint density at radius 3 is 2.67 bits per heavy atom. The van der Waals surface area contributed by atoms with Crippen LogP contribution in [0.1, 0.15) is 27.7 Å². The van der Waals surface area contributed by atoms with E-state index >= 15 is 0 Å². The van der Waals surface area contributed by atoms with Gasteiger partial charge in [-0.05, 0) is 27.7 Å². The Bertz CT molecular complexity index is 457. The Kier molecular flexibility index (Phi) is 5.00. The van der Waals surface area contributed by atoms with E-state index < -0.39 is 0 Å². The first-order valence-electron chi connectivity index (χ1n) is 7.42. The molecule has 1 aromatic rings. The molecule has 1 N–H and O–H groups in total. The Hall–Kier alpha value is -1.40. The van der Waals surface area contributed by atoms with E-state index in [1.54, 1.807) is 19.4 Å². The molecule has 1 aliphatic heterocycles. The second-order valence-electron chi connectivity index (χ2n) is 6.25. The van der Waals surface area contributed by atoms with Crippen molar-refractivity contribution in [2.45, 2.75) is 45.4 Å². The highest BCUT2D eigenvalue weighted by Gasteiger charge is 2.33. The van der Waals surface area contributed by atoms with E-state index in [0.29, 0.717) is 11.8 Å². The lowest BCUT2D eigenvalue weighted by Crippen LogP contribution is -2.57. The molecule has 0 aromatic carbocycles. The van der Waals surface area contributed by atoms with Crippen molar-refractivity contribution in [1.29, 1.82) is 0 Å². The maximum Gasteiger partial charge on any atom is 0.226 e. The van der Waals surface area contributed by atoms with Gasteiger partial charge in [0.1, 0.15) is 0 Å². The molecule has 6 nitrogen and oxygen atoms in total. The highest BCUT2D eigenvalue weighted by atomic mass is 16.5. The van der Waals surface area contributed by atoms with Crippen molar-refractivity contribution in [2.24, 2.45) is 0 Å². The SMILES string of the molecule is COc1ccnc(NCC(C)(C)N2CC(C)OC(C)C2)n1. The van der Waals surface area contributed by atoms with Gasteiger partial charge in [-0.15, -0.1) is 0 Å². The van der Waals surface area contributed by atoms with Crippen LogP contribution in [0.3, 0.4) is 0 Å². The molecule has 0 amide bonds. The molecule has 1 fully saturated rings. The minimum Gasteiger partial charge on any atom is -0.481 e. The molecule has 21 heavy (non-hydrogen) atoms. The average molecular weight is 294 g/mol. The van der Waals surface area contributed by atoms with Gasteiger partial charge in [-0.25, -0.2) is 4.98 Å². The van der Waals surface area contributed by atoms with E-state index in [0.717, 1.165) is 19.6 Å². The number of hydrogen-bond acceptors (Lipinski definition) is 6. The summed E-state index contributed by atoms with van der Waals surface area (Å²) in [5.74, 6) is 1.16. The van der Waals surface area contributed by atoms with Crippen LogP contribution in [-0.4, -0.2) is 59.4 Å². The van der Waals surface area contributed by atoms with E-state index in [1.165, 1.54) is 0 Å². The number of nitrogens with zero attached hydrogens (tertiary/aromatic N) is 3. The lowest BCUT2D eigenvalue weighted by atomic mass is 10.0. The predicted molar refractivity (Wildman–Crippen MR) is 82.7 cm³/mol. The van der Waals surface area contributed by atoms with Gasteiger partial charge in [0.25, 0.3) is 0 Å². The van der Waals surface area contributed by atoms with Crippen molar-refractivity contribution in [2.75, 3.05) is 32.1 Å². The first-order chi connectivity index (χ1) is 9.90. The van der Waals surface area contributed by atoms with Gasteiger partial charge in [-0.1, -0.05) is 0 Å². The van der Waals surface area contributed by atoms with Crippen LogP contribution in [0.25, 0.3) is 0 Å². The van der Waals surface area contributed by atoms with Crippen molar-refractivity contribution in [3.05, 3.63) is 12.3 Å². The third kappa shape index (κ3) is 4.28. The molecule has 1 aromatic heterocycles. The van der Waals surface area contributed by atoms with Crippen LogP contribution in [0, 0.1) is 0 Å². The molecule has 6 heteroatoms. The molecular formula is C15H26N4O2. The standard InChI is InChI=1S/C15H26N4O2/c1-11-8-19(9-12(2)21-11)15(3,4)10-17-14-16-7-6-13(18-14)20-5/h6-7,11-12H,8-10H2,1-5H3,(H,16,17,18). The summed E-state index contributed by atoms with van der Waals surface area (Å²) in [5.41, 5.74) is -0.00125. The molecular weight excluding hydrogens is 268 g/mol. The molecule has 0 aliphatic carbocycles. The normalized spacial score (nSPS) is 23.9. The fourth-order valence-electron chi connectivity index (χ4n) is 2.62. The summed E-state index contributed by atoms with van der Waals surface area (Å²) < 4.78 is 10.9. The Labute approximate surface area is 126 Å². The Morgan fingerprint density at radius 2 is 2.05 bits per heavy atom. The highest BCUT2D eigenvalue weighted by Crippen LogP contribution is 2.21. The monoisotopic (exact) mass is 294 g/mol. The summed E-state index contributed by atoms with van der Waals surface area (Å²) in [6, 6.07) is 1.74. The number of nitrogens with one attached hydrogen (secondary N) is 1. The molecule has 0 bridgehead atoms. The van der Waals surface area contributed by atoms with Gasteiger partial charge in [0.15, 0.2) is 0 Å². The van der Waals surface area contributed by atoms with Crippen LogP contribution in [0.2, 0.25) is 0 Å². The summed E-state index contributed by atoms with van der Waals surface area (Å²) in [4.78, 5) is 11.0. The van der Waals surface area contributed by atoms with Gasteiger partial charge in [-0.3, -0.25) is 4.90 Å². The molecule has 1 aliphatic rings. The van der Waals surface area contributed by atoms with E-state index in [4.69, 9.17) is 9.47 Å². The third-order valence-electron chi connectivity index (χ3n) is 3.79. The minimum atomic E-state index is -0.00125. The lowest BCUT2D eigenvalue weighted by Gasteiger charge is -2.45. The number of morpholine rings is 1. The zero-order valence-corrected chi connectivity index (χ0v) is 13.6. The van der Waals surface area contributed by atoms with Crippen LogP contribution in [0.4, 0.5) is 5.95 Å². The van der Waals surface area contributed by atoms with Crippen molar-refractivity contribution in [3.8, 4) is 5.88 Å². The van der Waals surface area contributed by atoms with Crippen molar-refractivity contribution in [1.82, 2.24) is 14.9 Å². The van der Waals surface area contributed by atoms with Crippen LogP contribution in [0.5, 0.6) is 5.88 Å². The Balaban J connectivity index is 1.96. The van der Waals surface area contributed by atoms with Gasteiger partial charge in [-0.2, -0.15) is 4.98 Å². The summed E-state index contributed by atoms with van der Waals surface area (Å²) in [6.45, 7) is 11.3. The third-order valence-corrected chi connectivity index (χ3v) is 3.79. The van der Waals surface area contributed by atoms with Crippen LogP contribution < -0.4 is 10.1 Å². The van der Waals surface area contributed by atoms with Crippen LogP contribution in [-0.2, 0) is 4.74 Å². The first kappa shape index (κ1) is 16.0. The maximum atomic E-state index is 5.80. The average Bonchev–Trinajstić information content (AvgIpc) is 2.44. The van der Waals surface area contributed by atoms with Crippen LogP contribution in [0.15, 0.2) is 12.3 Å². The van der Waals surface area contributed by atoms with E-state index in [2.05, 4.69) is 47.9 Å². The second kappa shape index (κ2) is 6.58. The molecule has 1 saturated heterocycles. The minimum absolute atomic E-state index is 0.00125. The number of ether oxygens (including phenoxy) is 2. The van der Waals surface area contributed by atoms with E-state index in [-0.39, 0.29) is 17.7 Å². The number of methoxy groups -OCH3 is 1. The van der Waals surface area contributed by atoms with Gasteiger partial charge in [0.2, 0.25) is 11.8 Å². The highest BCUT2D eigenvalue weighted by molar-refractivity contribution is 5.28. The molecule has 0 radical (unpaired) electrons. The molecule has 2 rings (SSSR count). The number of anilines is 1. The molecule has 118 valence electrons. The number of rotatable bonds is 5. The van der Waals surface area contributed by atoms with Crippen LogP contribution >= 0.6 is 0 Å². The molecule has 2 heterocycles. The van der Waals surface area contributed by atoms with E-state index in [9.17, 15) is 0 Å². The zero-order valence-electron chi connectivity index (χ0n) is 13.6. The van der Waals surface area contributed by atoms with E-state index in [1.807, 2.05) is 0 Å². The molecule has 0 spiro atoms. The fourth-order valence-corrected chi connectivity index (χ4v) is 2.62.